The summed E-state index contributed by atoms with van der Waals surface area (Å²) in [4.78, 5) is 21.0. The van der Waals surface area contributed by atoms with E-state index in [2.05, 4.69) is 0 Å². The van der Waals surface area contributed by atoms with Crippen molar-refractivity contribution in [3.63, 3.8) is 0 Å². The SMILES string of the molecule is N#Cc1cc(C(=O)O)ccc1CCC(=O)O. The normalized spacial score (nSPS) is 9.44. The maximum atomic E-state index is 10.6. The lowest BCUT2D eigenvalue weighted by Crippen LogP contribution is -2.02. The fraction of sp³-hybridized carbons (Fsp3) is 0.182. The second kappa shape index (κ2) is 4.94. The first-order chi connectivity index (χ1) is 7.54. The first-order valence-electron chi connectivity index (χ1n) is 4.52. The number of benzene rings is 1. The molecule has 0 aliphatic rings. The van der Waals surface area contributed by atoms with E-state index < -0.39 is 11.9 Å². The molecule has 1 rings (SSSR count). The summed E-state index contributed by atoms with van der Waals surface area (Å²) in [5.41, 5.74) is 0.784. The zero-order valence-corrected chi connectivity index (χ0v) is 8.30. The van der Waals surface area contributed by atoms with E-state index in [0.29, 0.717) is 5.56 Å². The van der Waals surface area contributed by atoms with Gasteiger partial charge in [0.15, 0.2) is 0 Å². The number of hydrogen-bond acceptors (Lipinski definition) is 3. The van der Waals surface area contributed by atoms with Gasteiger partial charge in [-0.25, -0.2) is 4.79 Å². The van der Waals surface area contributed by atoms with E-state index in [4.69, 9.17) is 15.5 Å². The van der Waals surface area contributed by atoms with Gasteiger partial charge >= 0.3 is 11.9 Å². The van der Waals surface area contributed by atoms with Crippen LogP contribution in [-0.4, -0.2) is 22.2 Å². The number of aliphatic carboxylic acids is 1. The van der Waals surface area contributed by atoms with Crippen LogP contribution in [0, 0.1) is 11.3 Å². The number of carbonyl (C=O) groups is 2. The topological polar surface area (TPSA) is 98.4 Å². The van der Waals surface area contributed by atoms with E-state index in [1.165, 1.54) is 18.2 Å². The average molecular weight is 219 g/mol. The molecule has 0 aliphatic carbocycles. The summed E-state index contributed by atoms with van der Waals surface area (Å²) in [7, 11) is 0. The molecule has 5 nitrogen and oxygen atoms in total. The van der Waals surface area contributed by atoms with E-state index in [-0.39, 0.29) is 24.0 Å². The minimum absolute atomic E-state index is 0.0237. The molecular formula is C11H9NO4. The monoisotopic (exact) mass is 219 g/mol. The summed E-state index contributed by atoms with van der Waals surface area (Å²) in [6.07, 6.45) is 0.138. The minimum Gasteiger partial charge on any atom is -0.481 e. The standard InChI is InChI=1S/C11H9NO4/c12-6-9-5-8(11(15)16)2-1-7(9)3-4-10(13)14/h1-2,5H,3-4H2,(H,13,14)(H,15,16). The van der Waals surface area contributed by atoms with Crippen molar-refractivity contribution in [2.75, 3.05) is 0 Å². The average Bonchev–Trinajstić information content (AvgIpc) is 2.25. The highest BCUT2D eigenvalue weighted by Gasteiger charge is 2.09. The number of aryl methyl sites for hydroxylation is 1. The third kappa shape index (κ3) is 2.82. The number of aromatic carboxylic acids is 1. The summed E-state index contributed by atoms with van der Waals surface area (Å²) in [5, 5.41) is 26.0. The van der Waals surface area contributed by atoms with Gasteiger partial charge in [-0.3, -0.25) is 4.79 Å². The zero-order valence-electron chi connectivity index (χ0n) is 8.30. The molecule has 0 radical (unpaired) electrons. The maximum absolute atomic E-state index is 10.6. The van der Waals surface area contributed by atoms with Crippen LogP contribution in [0.3, 0.4) is 0 Å². The van der Waals surface area contributed by atoms with Crippen molar-refractivity contribution >= 4 is 11.9 Å². The molecule has 0 aromatic heterocycles. The lowest BCUT2D eigenvalue weighted by Gasteiger charge is -2.03. The molecule has 16 heavy (non-hydrogen) atoms. The minimum atomic E-state index is -1.11. The predicted molar refractivity (Wildman–Crippen MR) is 54.1 cm³/mol. The van der Waals surface area contributed by atoms with Gasteiger partial charge in [0.2, 0.25) is 0 Å². The summed E-state index contributed by atoms with van der Waals surface area (Å²) < 4.78 is 0. The van der Waals surface area contributed by atoms with Crippen molar-refractivity contribution in [1.29, 1.82) is 5.26 Å². The largest absolute Gasteiger partial charge is 0.481 e. The molecule has 0 bridgehead atoms. The Balaban J connectivity index is 2.99. The van der Waals surface area contributed by atoms with Crippen LogP contribution in [-0.2, 0) is 11.2 Å². The van der Waals surface area contributed by atoms with Crippen LogP contribution < -0.4 is 0 Å². The third-order valence-electron chi connectivity index (χ3n) is 2.09. The molecule has 0 atom stereocenters. The van der Waals surface area contributed by atoms with Gasteiger partial charge in [0.25, 0.3) is 0 Å². The van der Waals surface area contributed by atoms with E-state index in [1.807, 2.05) is 6.07 Å². The lowest BCUT2D eigenvalue weighted by atomic mass is 10.0. The van der Waals surface area contributed by atoms with Crippen LogP contribution in [0.15, 0.2) is 18.2 Å². The molecule has 82 valence electrons. The molecular weight excluding hydrogens is 210 g/mol. The van der Waals surface area contributed by atoms with Crippen molar-refractivity contribution in [1.82, 2.24) is 0 Å². The molecule has 0 fully saturated rings. The van der Waals surface area contributed by atoms with Crippen molar-refractivity contribution < 1.29 is 19.8 Å². The molecule has 0 saturated carbocycles. The van der Waals surface area contributed by atoms with Crippen LogP contribution in [0.25, 0.3) is 0 Å². The highest BCUT2D eigenvalue weighted by atomic mass is 16.4. The Kier molecular flexibility index (Phi) is 3.62. The van der Waals surface area contributed by atoms with Gasteiger partial charge in [0.1, 0.15) is 0 Å². The van der Waals surface area contributed by atoms with E-state index in [9.17, 15) is 9.59 Å². The number of nitrogens with zero attached hydrogens (tertiary/aromatic N) is 1. The summed E-state index contributed by atoms with van der Waals surface area (Å²) in [5.74, 6) is -2.06. The van der Waals surface area contributed by atoms with Crippen molar-refractivity contribution in [2.24, 2.45) is 0 Å². The van der Waals surface area contributed by atoms with Crippen LogP contribution in [0.5, 0.6) is 0 Å². The smallest absolute Gasteiger partial charge is 0.335 e. The number of carboxylic acids is 2. The zero-order chi connectivity index (χ0) is 12.1. The van der Waals surface area contributed by atoms with E-state index in [0.717, 1.165) is 0 Å². The first kappa shape index (κ1) is 11.7. The van der Waals surface area contributed by atoms with Gasteiger partial charge in [-0.05, 0) is 24.1 Å². The molecule has 0 spiro atoms. The molecule has 1 aromatic rings. The highest BCUT2D eigenvalue weighted by molar-refractivity contribution is 5.88. The Morgan fingerprint density at radius 1 is 1.31 bits per heavy atom. The number of carboxylic acid groups (broad SMARTS) is 2. The summed E-state index contributed by atoms with van der Waals surface area (Å²) >= 11 is 0. The highest BCUT2D eigenvalue weighted by Crippen LogP contribution is 2.13. The molecule has 0 saturated heterocycles. The summed E-state index contributed by atoms with van der Waals surface area (Å²) in [6.45, 7) is 0. The van der Waals surface area contributed by atoms with Crippen LogP contribution in [0.4, 0.5) is 0 Å². The molecule has 1 aromatic carbocycles. The van der Waals surface area contributed by atoms with Gasteiger partial charge in [-0.2, -0.15) is 5.26 Å². The van der Waals surface area contributed by atoms with E-state index >= 15 is 0 Å². The van der Waals surface area contributed by atoms with Gasteiger partial charge in [0, 0.05) is 6.42 Å². The van der Waals surface area contributed by atoms with Crippen LogP contribution in [0.2, 0.25) is 0 Å². The van der Waals surface area contributed by atoms with Crippen LogP contribution >= 0.6 is 0 Å². The second-order valence-electron chi connectivity index (χ2n) is 3.18. The molecule has 5 heteroatoms. The first-order valence-corrected chi connectivity index (χ1v) is 4.52. The quantitative estimate of drug-likeness (QED) is 0.794. The third-order valence-corrected chi connectivity index (χ3v) is 2.09. The fourth-order valence-corrected chi connectivity index (χ4v) is 1.27. The number of hydrogen-bond donors (Lipinski definition) is 2. The Morgan fingerprint density at radius 3 is 2.50 bits per heavy atom. The molecule has 0 amide bonds. The number of rotatable bonds is 4. The Morgan fingerprint density at radius 2 is 2.00 bits per heavy atom. The predicted octanol–water partition coefficient (Wildman–Crippen LogP) is 1.27. The van der Waals surface area contributed by atoms with Crippen molar-refractivity contribution in [2.45, 2.75) is 12.8 Å². The molecule has 0 unspecified atom stereocenters. The van der Waals surface area contributed by atoms with E-state index in [1.54, 1.807) is 0 Å². The lowest BCUT2D eigenvalue weighted by molar-refractivity contribution is -0.136. The van der Waals surface area contributed by atoms with Crippen LogP contribution in [0.1, 0.15) is 27.9 Å². The molecule has 0 aliphatic heterocycles. The Labute approximate surface area is 91.6 Å². The van der Waals surface area contributed by atoms with Crippen molar-refractivity contribution in [3.05, 3.63) is 34.9 Å². The van der Waals surface area contributed by atoms with Gasteiger partial charge in [-0.1, -0.05) is 6.07 Å². The Bertz CT molecular complexity index is 473. The van der Waals surface area contributed by atoms with Gasteiger partial charge in [0.05, 0.1) is 17.2 Å². The van der Waals surface area contributed by atoms with Gasteiger partial charge in [-0.15, -0.1) is 0 Å². The second-order valence-corrected chi connectivity index (χ2v) is 3.18. The maximum Gasteiger partial charge on any atom is 0.335 e. The summed E-state index contributed by atoms with van der Waals surface area (Å²) in [6, 6.07) is 5.95. The fourth-order valence-electron chi connectivity index (χ4n) is 1.27. The molecule has 0 heterocycles. The number of nitriles is 1. The van der Waals surface area contributed by atoms with Crippen molar-refractivity contribution in [3.8, 4) is 6.07 Å². The molecule has 2 N–H and O–H groups in total. The van der Waals surface area contributed by atoms with Gasteiger partial charge < -0.3 is 10.2 Å². The Hall–Kier alpha value is -2.35.